The lowest BCUT2D eigenvalue weighted by molar-refractivity contribution is 0.0205. The summed E-state index contributed by atoms with van der Waals surface area (Å²) in [6.45, 7) is 7.61. The highest BCUT2D eigenvalue weighted by Crippen LogP contribution is 2.14. The summed E-state index contributed by atoms with van der Waals surface area (Å²) >= 11 is 0. The zero-order valence-electron chi connectivity index (χ0n) is 18.4. The van der Waals surface area contributed by atoms with Crippen LogP contribution in [-0.4, -0.2) is 61.8 Å². The fourth-order valence-electron chi connectivity index (χ4n) is 3.40. The van der Waals surface area contributed by atoms with Gasteiger partial charge in [-0.25, -0.2) is 9.07 Å². The lowest BCUT2D eigenvalue weighted by atomic mass is 10.0. The Morgan fingerprint density at radius 2 is 2.03 bits per heavy atom. The van der Waals surface area contributed by atoms with Crippen molar-refractivity contribution in [1.82, 2.24) is 20.4 Å². The first-order valence-electron chi connectivity index (χ1n) is 11.2. The number of halogens is 1. The second-order valence-electron chi connectivity index (χ2n) is 7.65. The maximum absolute atomic E-state index is 13.1. The van der Waals surface area contributed by atoms with E-state index in [4.69, 9.17) is 9.47 Å². The van der Waals surface area contributed by atoms with E-state index in [2.05, 4.69) is 27.6 Å². The Labute approximate surface area is 184 Å². The second kappa shape index (κ2) is 13.1. The predicted octanol–water partition coefficient (Wildman–Crippen LogP) is 2.94. The fourth-order valence-corrected chi connectivity index (χ4v) is 3.40. The van der Waals surface area contributed by atoms with Gasteiger partial charge in [-0.1, -0.05) is 0 Å². The maximum atomic E-state index is 13.1. The lowest BCUT2D eigenvalue weighted by Gasteiger charge is -2.21. The van der Waals surface area contributed by atoms with Gasteiger partial charge in [0.2, 0.25) is 0 Å². The molecule has 2 N–H and O–H groups in total. The van der Waals surface area contributed by atoms with Crippen molar-refractivity contribution in [3.63, 3.8) is 0 Å². The molecule has 0 saturated carbocycles. The van der Waals surface area contributed by atoms with Crippen molar-refractivity contribution in [3.05, 3.63) is 48.0 Å². The topological polar surface area (TPSA) is 72.7 Å². The van der Waals surface area contributed by atoms with Crippen LogP contribution in [-0.2, 0) is 15.9 Å². The number of nitrogens with one attached hydrogen (secondary N) is 2. The summed E-state index contributed by atoms with van der Waals surface area (Å²) in [4.78, 5) is 4.62. The summed E-state index contributed by atoms with van der Waals surface area (Å²) in [6, 6.07) is 8.28. The highest BCUT2D eigenvalue weighted by atomic mass is 19.1. The molecule has 1 fully saturated rings. The standard InChI is InChI=1S/C23H34FN5O2/c1-2-25-23(26-12-3-15-31-18-19-10-16-30-17-11-19)27-13-8-21-9-14-29(28-21)22-6-4-20(24)5-7-22/h4-7,9,14,19H,2-3,8,10-13,15-18H2,1H3,(H2,25,26,27). The molecule has 0 unspecified atom stereocenters. The third kappa shape index (κ3) is 8.30. The number of ether oxygens (including phenoxy) is 2. The molecule has 1 aliphatic heterocycles. The molecule has 0 radical (unpaired) electrons. The summed E-state index contributed by atoms with van der Waals surface area (Å²) < 4.78 is 26.0. The quantitative estimate of drug-likeness (QED) is 0.325. The minimum atomic E-state index is -0.249. The molecule has 2 aromatic rings. The molecule has 1 saturated heterocycles. The molecule has 7 nitrogen and oxygen atoms in total. The van der Waals surface area contributed by atoms with Gasteiger partial charge in [-0.15, -0.1) is 0 Å². The number of nitrogens with zero attached hydrogens (tertiary/aromatic N) is 3. The summed E-state index contributed by atoms with van der Waals surface area (Å²) in [7, 11) is 0. The zero-order valence-corrected chi connectivity index (χ0v) is 18.4. The number of hydrogen-bond acceptors (Lipinski definition) is 4. The summed E-state index contributed by atoms with van der Waals surface area (Å²) in [6.07, 6.45) is 5.78. The van der Waals surface area contributed by atoms with Crippen molar-refractivity contribution in [3.8, 4) is 5.69 Å². The van der Waals surface area contributed by atoms with Crippen LogP contribution >= 0.6 is 0 Å². The third-order valence-corrected chi connectivity index (χ3v) is 5.16. The molecule has 31 heavy (non-hydrogen) atoms. The Kier molecular flexibility index (Phi) is 9.79. The summed E-state index contributed by atoms with van der Waals surface area (Å²) in [5.74, 6) is 1.20. The van der Waals surface area contributed by atoms with Crippen LogP contribution in [0.1, 0.15) is 31.9 Å². The Morgan fingerprint density at radius 1 is 1.23 bits per heavy atom. The SMILES string of the molecule is CCNC(=NCCCOCC1CCOCC1)NCCc1ccn(-c2ccc(F)cc2)n1. The van der Waals surface area contributed by atoms with Gasteiger partial charge in [-0.3, -0.25) is 4.99 Å². The minimum Gasteiger partial charge on any atom is -0.381 e. The van der Waals surface area contributed by atoms with E-state index in [0.717, 1.165) is 89.1 Å². The van der Waals surface area contributed by atoms with Gasteiger partial charge in [0.05, 0.1) is 11.4 Å². The van der Waals surface area contributed by atoms with Gasteiger partial charge in [0.1, 0.15) is 5.82 Å². The van der Waals surface area contributed by atoms with E-state index >= 15 is 0 Å². The fraction of sp³-hybridized carbons (Fsp3) is 0.565. The number of hydrogen-bond donors (Lipinski definition) is 2. The first-order valence-corrected chi connectivity index (χ1v) is 11.2. The molecule has 0 atom stereocenters. The van der Waals surface area contributed by atoms with Gasteiger partial charge < -0.3 is 20.1 Å². The minimum absolute atomic E-state index is 0.249. The zero-order chi connectivity index (χ0) is 21.7. The lowest BCUT2D eigenvalue weighted by Crippen LogP contribution is -2.38. The molecule has 1 aromatic carbocycles. The molecule has 2 heterocycles. The molecular weight excluding hydrogens is 397 g/mol. The van der Waals surface area contributed by atoms with E-state index in [1.165, 1.54) is 12.1 Å². The third-order valence-electron chi connectivity index (χ3n) is 5.16. The van der Waals surface area contributed by atoms with Gasteiger partial charge in [0.15, 0.2) is 5.96 Å². The molecule has 0 spiro atoms. The first kappa shape index (κ1) is 23.2. The van der Waals surface area contributed by atoms with Crippen LogP contribution < -0.4 is 10.6 Å². The largest absolute Gasteiger partial charge is 0.381 e. The number of aliphatic imine (C=N–C) groups is 1. The van der Waals surface area contributed by atoms with Gasteiger partial charge in [0.25, 0.3) is 0 Å². The molecule has 170 valence electrons. The van der Waals surface area contributed by atoms with E-state index in [0.29, 0.717) is 5.92 Å². The highest BCUT2D eigenvalue weighted by Gasteiger charge is 2.13. The van der Waals surface area contributed by atoms with E-state index in [1.807, 2.05) is 12.3 Å². The van der Waals surface area contributed by atoms with Crippen molar-refractivity contribution in [1.29, 1.82) is 0 Å². The molecular formula is C23H34FN5O2. The van der Waals surface area contributed by atoms with Crippen molar-refractivity contribution < 1.29 is 13.9 Å². The number of guanidine groups is 1. The molecule has 1 aliphatic rings. The van der Waals surface area contributed by atoms with Crippen LogP contribution in [0.5, 0.6) is 0 Å². The molecule has 0 aliphatic carbocycles. The molecule has 3 rings (SSSR count). The van der Waals surface area contributed by atoms with Crippen LogP contribution in [0.15, 0.2) is 41.5 Å². The Morgan fingerprint density at radius 3 is 2.81 bits per heavy atom. The van der Waals surface area contributed by atoms with Gasteiger partial charge >= 0.3 is 0 Å². The number of benzene rings is 1. The van der Waals surface area contributed by atoms with Crippen molar-refractivity contribution in [2.45, 2.75) is 32.6 Å². The Hall–Kier alpha value is -2.45. The molecule has 1 aromatic heterocycles. The Balaban J connectivity index is 1.34. The van der Waals surface area contributed by atoms with Gasteiger partial charge in [-0.2, -0.15) is 5.10 Å². The van der Waals surface area contributed by atoms with Crippen LogP contribution in [0.25, 0.3) is 5.69 Å². The average Bonchev–Trinajstić information content (AvgIpc) is 3.26. The molecule has 0 bridgehead atoms. The maximum Gasteiger partial charge on any atom is 0.191 e. The van der Waals surface area contributed by atoms with Crippen molar-refractivity contribution in [2.75, 3.05) is 46.1 Å². The first-order chi connectivity index (χ1) is 15.2. The van der Waals surface area contributed by atoms with Crippen LogP contribution in [0.2, 0.25) is 0 Å². The van der Waals surface area contributed by atoms with Crippen LogP contribution in [0.4, 0.5) is 4.39 Å². The predicted molar refractivity (Wildman–Crippen MR) is 120 cm³/mol. The monoisotopic (exact) mass is 431 g/mol. The second-order valence-corrected chi connectivity index (χ2v) is 7.65. The highest BCUT2D eigenvalue weighted by molar-refractivity contribution is 5.79. The average molecular weight is 432 g/mol. The van der Waals surface area contributed by atoms with Gasteiger partial charge in [0, 0.05) is 58.7 Å². The molecule has 8 heteroatoms. The van der Waals surface area contributed by atoms with E-state index < -0.39 is 0 Å². The van der Waals surface area contributed by atoms with Crippen molar-refractivity contribution in [2.24, 2.45) is 10.9 Å². The number of aromatic nitrogens is 2. The van der Waals surface area contributed by atoms with Gasteiger partial charge in [-0.05, 0) is 62.4 Å². The van der Waals surface area contributed by atoms with Crippen molar-refractivity contribution >= 4 is 5.96 Å². The van der Waals surface area contributed by atoms with E-state index in [-0.39, 0.29) is 5.82 Å². The van der Waals surface area contributed by atoms with E-state index in [1.54, 1.807) is 16.8 Å². The Bertz CT molecular complexity index is 788. The smallest absolute Gasteiger partial charge is 0.191 e. The van der Waals surface area contributed by atoms with Crippen LogP contribution in [0.3, 0.4) is 0 Å². The summed E-state index contributed by atoms with van der Waals surface area (Å²) in [5, 5.41) is 11.2. The molecule has 0 amide bonds. The summed E-state index contributed by atoms with van der Waals surface area (Å²) in [5.41, 5.74) is 1.81. The van der Waals surface area contributed by atoms with Crippen LogP contribution in [0, 0.1) is 11.7 Å². The van der Waals surface area contributed by atoms with E-state index in [9.17, 15) is 4.39 Å². The normalized spacial score (nSPS) is 15.2. The number of rotatable bonds is 11.